The number of alkyl halides is 1. The Balaban J connectivity index is 2.28. The molecular weight excluding hydrogens is 254 g/mol. The predicted molar refractivity (Wildman–Crippen MR) is 63.9 cm³/mol. The molecule has 0 unspecified atom stereocenters. The molecule has 2 nitrogen and oxygen atoms in total. The molecule has 0 bridgehead atoms. The van der Waals surface area contributed by atoms with Gasteiger partial charge in [-0.2, -0.15) is 0 Å². The van der Waals surface area contributed by atoms with Crippen molar-refractivity contribution in [3.63, 3.8) is 0 Å². The van der Waals surface area contributed by atoms with Gasteiger partial charge < -0.3 is 4.52 Å². The predicted octanol–water partition coefficient (Wildman–Crippen LogP) is 3.80. The highest BCUT2D eigenvalue weighted by Gasteiger charge is 2.05. The number of aryl methyl sites for hydroxylation is 1. The molecule has 1 aromatic carbocycles. The Bertz CT molecular complexity index is 433. The first-order valence-electron chi connectivity index (χ1n) is 4.94. The third kappa shape index (κ3) is 2.29. The molecule has 3 heteroatoms. The van der Waals surface area contributed by atoms with E-state index in [1.54, 1.807) is 0 Å². The van der Waals surface area contributed by atoms with Crippen LogP contribution in [0.3, 0.4) is 0 Å². The highest BCUT2D eigenvalue weighted by atomic mass is 79.9. The van der Waals surface area contributed by atoms with Gasteiger partial charge in [0.1, 0.15) is 0 Å². The Kier molecular flexibility index (Phi) is 3.21. The third-order valence-corrected chi connectivity index (χ3v) is 2.92. The number of aromatic nitrogens is 1. The highest BCUT2D eigenvalue weighted by molar-refractivity contribution is 9.08. The Labute approximate surface area is 97.4 Å². The molecule has 0 N–H and O–H groups in total. The summed E-state index contributed by atoms with van der Waals surface area (Å²) in [5.74, 6) is 0.826. The van der Waals surface area contributed by atoms with Crippen LogP contribution in [0.15, 0.2) is 34.9 Å². The summed E-state index contributed by atoms with van der Waals surface area (Å²) in [4.78, 5) is 0. The number of hydrogen-bond acceptors (Lipinski definition) is 2. The molecule has 2 aromatic rings. The maximum atomic E-state index is 5.24. The molecule has 0 fully saturated rings. The number of rotatable bonds is 3. The first-order chi connectivity index (χ1) is 7.33. The van der Waals surface area contributed by atoms with E-state index < -0.39 is 0 Å². The average molecular weight is 266 g/mol. The molecule has 0 aliphatic carbocycles. The fourth-order valence-corrected chi connectivity index (χ4v) is 1.68. The van der Waals surface area contributed by atoms with Crippen LogP contribution in [0.4, 0.5) is 0 Å². The second-order valence-electron chi connectivity index (χ2n) is 3.37. The molecule has 1 heterocycles. The SMILES string of the molecule is CCc1ccc(-c2cc(CBr)no2)cc1. The maximum Gasteiger partial charge on any atom is 0.167 e. The first kappa shape index (κ1) is 10.4. The average Bonchev–Trinajstić information content (AvgIpc) is 2.78. The molecule has 0 saturated heterocycles. The van der Waals surface area contributed by atoms with Crippen LogP contribution in [0.2, 0.25) is 0 Å². The van der Waals surface area contributed by atoms with Crippen LogP contribution in [0.5, 0.6) is 0 Å². The van der Waals surface area contributed by atoms with Crippen LogP contribution >= 0.6 is 15.9 Å². The molecule has 78 valence electrons. The fourth-order valence-electron chi connectivity index (χ4n) is 1.42. The second-order valence-corrected chi connectivity index (χ2v) is 3.93. The van der Waals surface area contributed by atoms with Gasteiger partial charge in [-0.3, -0.25) is 0 Å². The van der Waals surface area contributed by atoms with E-state index >= 15 is 0 Å². The van der Waals surface area contributed by atoms with Crippen LogP contribution in [0.25, 0.3) is 11.3 Å². The molecule has 0 radical (unpaired) electrons. The van der Waals surface area contributed by atoms with Gasteiger partial charge in [-0.05, 0) is 12.0 Å². The van der Waals surface area contributed by atoms with Crippen LogP contribution < -0.4 is 0 Å². The van der Waals surface area contributed by atoms with Crippen LogP contribution in [-0.2, 0) is 11.8 Å². The fraction of sp³-hybridized carbons (Fsp3) is 0.250. The molecule has 0 amide bonds. The third-order valence-electron chi connectivity index (χ3n) is 2.34. The van der Waals surface area contributed by atoms with Gasteiger partial charge >= 0.3 is 0 Å². The van der Waals surface area contributed by atoms with Gasteiger partial charge in [-0.25, -0.2) is 0 Å². The molecule has 0 spiro atoms. The Hall–Kier alpha value is -1.09. The normalized spacial score (nSPS) is 10.5. The van der Waals surface area contributed by atoms with E-state index in [-0.39, 0.29) is 0 Å². The van der Waals surface area contributed by atoms with Crippen molar-refractivity contribution >= 4 is 15.9 Å². The minimum absolute atomic E-state index is 0.726. The molecule has 0 aliphatic heterocycles. The van der Waals surface area contributed by atoms with E-state index in [4.69, 9.17) is 4.52 Å². The quantitative estimate of drug-likeness (QED) is 0.790. The molecule has 0 aliphatic rings. The summed E-state index contributed by atoms with van der Waals surface area (Å²) < 4.78 is 5.24. The molecular formula is C12H12BrNO. The summed E-state index contributed by atoms with van der Waals surface area (Å²) in [5, 5.41) is 4.66. The minimum Gasteiger partial charge on any atom is -0.356 e. The Morgan fingerprint density at radius 2 is 2.00 bits per heavy atom. The van der Waals surface area contributed by atoms with Crippen molar-refractivity contribution in [1.82, 2.24) is 5.16 Å². The van der Waals surface area contributed by atoms with Crippen molar-refractivity contribution in [2.24, 2.45) is 0 Å². The smallest absolute Gasteiger partial charge is 0.167 e. The Morgan fingerprint density at radius 3 is 2.53 bits per heavy atom. The lowest BCUT2D eigenvalue weighted by Crippen LogP contribution is -1.79. The molecule has 2 rings (SSSR count). The van der Waals surface area contributed by atoms with Crippen molar-refractivity contribution < 1.29 is 4.52 Å². The minimum atomic E-state index is 0.726. The van der Waals surface area contributed by atoms with E-state index in [9.17, 15) is 0 Å². The summed E-state index contributed by atoms with van der Waals surface area (Å²) in [6.45, 7) is 2.15. The van der Waals surface area contributed by atoms with E-state index in [0.717, 1.165) is 28.8 Å². The Morgan fingerprint density at radius 1 is 1.27 bits per heavy atom. The highest BCUT2D eigenvalue weighted by Crippen LogP contribution is 2.21. The monoisotopic (exact) mass is 265 g/mol. The largest absolute Gasteiger partial charge is 0.356 e. The van der Waals surface area contributed by atoms with E-state index in [1.165, 1.54) is 5.56 Å². The van der Waals surface area contributed by atoms with Gasteiger partial charge in [-0.15, -0.1) is 0 Å². The first-order valence-corrected chi connectivity index (χ1v) is 6.06. The van der Waals surface area contributed by atoms with Crippen LogP contribution in [-0.4, -0.2) is 5.16 Å². The summed E-state index contributed by atoms with van der Waals surface area (Å²) in [7, 11) is 0. The zero-order chi connectivity index (χ0) is 10.7. The van der Waals surface area contributed by atoms with E-state index in [2.05, 4.69) is 52.3 Å². The van der Waals surface area contributed by atoms with Gasteiger partial charge in [-0.1, -0.05) is 52.3 Å². The van der Waals surface area contributed by atoms with Gasteiger partial charge in [0, 0.05) is 17.0 Å². The lowest BCUT2D eigenvalue weighted by molar-refractivity contribution is 0.426. The number of nitrogens with zero attached hydrogens (tertiary/aromatic N) is 1. The lowest BCUT2D eigenvalue weighted by Gasteiger charge is -1.97. The standard InChI is InChI=1S/C12H12BrNO/c1-2-9-3-5-10(6-4-9)12-7-11(8-13)14-15-12/h3-7H,2,8H2,1H3. The van der Waals surface area contributed by atoms with Crippen molar-refractivity contribution in [2.75, 3.05) is 0 Å². The maximum absolute atomic E-state index is 5.24. The topological polar surface area (TPSA) is 26.0 Å². The molecule has 0 saturated carbocycles. The van der Waals surface area contributed by atoms with Crippen molar-refractivity contribution in [3.05, 3.63) is 41.6 Å². The molecule has 0 atom stereocenters. The van der Waals surface area contributed by atoms with E-state index in [0.29, 0.717) is 0 Å². The van der Waals surface area contributed by atoms with E-state index in [1.807, 2.05) is 6.07 Å². The van der Waals surface area contributed by atoms with Gasteiger partial charge in [0.25, 0.3) is 0 Å². The number of halogens is 1. The summed E-state index contributed by atoms with van der Waals surface area (Å²) in [6.07, 6.45) is 1.06. The number of benzene rings is 1. The molecule has 15 heavy (non-hydrogen) atoms. The van der Waals surface area contributed by atoms with Crippen molar-refractivity contribution in [1.29, 1.82) is 0 Å². The summed E-state index contributed by atoms with van der Waals surface area (Å²) in [5.41, 5.74) is 3.33. The van der Waals surface area contributed by atoms with Gasteiger partial charge in [0.2, 0.25) is 0 Å². The zero-order valence-electron chi connectivity index (χ0n) is 8.53. The van der Waals surface area contributed by atoms with Gasteiger partial charge in [0.05, 0.1) is 5.69 Å². The van der Waals surface area contributed by atoms with Crippen LogP contribution in [0.1, 0.15) is 18.2 Å². The van der Waals surface area contributed by atoms with Gasteiger partial charge in [0.15, 0.2) is 5.76 Å². The second kappa shape index (κ2) is 4.62. The van der Waals surface area contributed by atoms with Crippen LogP contribution in [0, 0.1) is 0 Å². The molecule has 1 aromatic heterocycles. The zero-order valence-corrected chi connectivity index (χ0v) is 10.1. The summed E-state index contributed by atoms with van der Waals surface area (Å²) in [6, 6.07) is 10.3. The lowest BCUT2D eigenvalue weighted by atomic mass is 10.1. The summed E-state index contributed by atoms with van der Waals surface area (Å²) >= 11 is 3.34. The van der Waals surface area contributed by atoms with Crippen molar-refractivity contribution in [3.8, 4) is 11.3 Å². The number of hydrogen-bond donors (Lipinski definition) is 0. The van der Waals surface area contributed by atoms with Crippen molar-refractivity contribution in [2.45, 2.75) is 18.7 Å².